The van der Waals surface area contributed by atoms with Crippen molar-refractivity contribution in [1.29, 1.82) is 0 Å². The van der Waals surface area contributed by atoms with Crippen LogP contribution in [0.5, 0.6) is 0 Å². The number of morpholine rings is 1. The fraction of sp³-hybridized carbons (Fsp3) is 0.381. The van der Waals surface area contributed by atoms with E-state index >= 15 is 0 Å². The van der Waals surface area contributed by atoms with Crippen LogP contribution >= 0.6 is 0 Å². The highest BCUT2D eigenvalue weighted by Gasteiger charge is 2.48. The molecule has 0 saturated carbocycles. The lowest BCUT2D eigenvalue weighted by molar-refractivity contribution is -0.156. The summed E-state index contributed by atoms with van der Waals surface area (Å²) in [4.78, 5) is 8.40. The number of anilines is 1. The molecule has 0 radical (unpaired) electrons. The number of pyridine rings is 1. The van der Waals surface area contributed by atoms with Crippen molar-refractivity contribution in [2.45, 2.75) is 25.2 Å². The third kappa shape index (κ3) is 4.82. The first kappa shape index (κ1) is 21.7. The number of ether oxygens (including phenoxy) is 2. The van der Waals surface area contributed by atoms with Gasteiger partial charge in [-0.3, -0.25) is 9.88 Å². The van der Waals surface area contributed by atoms with E-state index < -0.39 is 12.1 Å². The number of alkyl halides is 3. The Kier molecular flexibility index (Phi) is 5.72. The summed E-state index contributed by atoms with van der Waals surface area (Å²) < 4.78 is 68.0. The van der Waals surface area contributed by atoms with Crippen molar-refractivity contribution >= 4 is 5.69 Å². The molecule has 2 fully saturated rings. The molecule has 3 aromatic rings. The van der Waals surface area contributed by atoms with E-state index in [0.29, 0.717) is 31.1 Å². The van der Waals surface area contributed by atoms with E-state index in [1.165, 1.54) is 18.3 Å². The molecule has 2 aliphatic heterocycles. The molecular weight excluding hydrogens is 446 g/mol. The molecule has 2 unspecified atom stereocenters. The van der Waals surface area contributed by atoms with Gasteiger partial charge in [0, 0.05) is 25.0 Å². The second-order valence-electron chi connectivity index (χ2n) is 7.62. The zero-order chi connectivity index (χ0) is 23.0. The van der Waals surface area contributed by atoms with Crippen LogP contribution in [-0.4, -0.2) is 58.8 Å². The Morgan fingerprint density at radius 1 is 1.09 bits per heavy atom. The minimum atomic E-state index is -4.72. The lowest BCUT2D eigenvalue weighted by atomic mass is 10.2. The van der Waals surface area contributed by atoms with Crippen LogP contribution in [0.2, 0.25) is 0 Å². The number of hydrogen-bond donors (Lipinski definition) is 0. The van der Waals surface area contributed by atoms with Gasteiger partial charge in [0.1, 0.15) is 5.82 Å². The molecule has 8 nitrogen and oxygen atoms in total. The van der Waals surface area contributed by atoms with Gasteiger partial charge in [-0.1, -0.05) is 6.07 Å². The van der Waals surface area contributed by atoms with E-state index in [1.807, 2.05) is 4.90 Å². The maximum Gasteiger partial charge on any atom is 0.470 e. The van der Waals surface area contributed by atoms with Gasteiger partial charge in [0.05, 0.1) is 31.0 Å². The van der Waals surface area contributed by atoms with Crippen molar-refractivity contribution < 1.29 is 31.5 Å². The van der Waals surface area contributed by atoms with Crippen molar-refractivity contribution in [2.24, 2.45) is 0 Å². The van der Waals surface area contributed by atoms with Crippen molar-refractivity contribution in [2.75, 3.05) is 31.2 Å². The number of rotatable bonds is 6. The quantitative estimate of drug-likeness (QED) is 0.405. The predicted molar refractivity (Wildman–Crippen MR) is 106 cm³/mol. The summed E-state index contributed by atoms with van der Waals surface area (Å²) >= 11 is 0. The van der Waals surface area contributed by atoms with Gasteiger partial charge in [0.2, 0.25) is 5.89 Å². The number of benzene rings is 1. The highest BCUT2D eigenvalue weighted by Crippen LogP contribution is 2.35. The van der Waals surface area contributed by atoms with Crippen LogP contribution in [0.25, 0.3) is 11.5 Å². The average molecular weight is 465 g/mol. The Bertz CT molecular complexity index is 1100. The van der Waals surface area contributed by atoms with E-state index in [-0.39, 0.29) is 29.7 Å². The maximum absolute atomic E-state index is 13.9. The molecule has 0 aliphatic carbocycles. The first-order valence-corrected chi connectivity index (χ1v) is 10.2. The molecule has 2 atom stereocenters. The third-order valence-electron chi connectivity index (χ3n) is 5.37. The Morgan fingerprint density at radius 3 is 2.58 bits per heavy atom. The topological polar surface area (TPSA) is 80.0 Å². The summed E-state index contributed by atoms with van der Waals surface area (Å²) in [5.74, 6) is -2.07. The fourth-order valence-corrected chi connectivity index (χ4v) is 3.68. The number of hydrogen-bond acceptors (Lipinski definition) is 8. The van der Waals surface area contributed by atoms with Gasteiger partial charge in [-0.25, -0.2) is 4.39 Å². The molecule has 2 saturated heterocycles. The maximum atomic E-state index is 13.9. The Labute approximate surface area is 185 Å². The summed E-state index contributed by atoms with van der Waals surface area (Å²) in [6.45, 7) is 3.04. The van der Waals surface area contributed by atoms with Gasteiger partial charge in [0.15, 0.2) is 12.5 Å². The van der Waals surface area contributed by atoms with E-state index in [0.717, 1.165) is 13.1 Å². The lowest BCUT2D eigenvalue weighted by Gasteiger charge is -2.27. The summed E-state index contributed by atoms with van der Waals surface area (Å²) in [6, 6.07) is 9.38. The first-order valence-electron chi connectivity index (χ1n) is 10.2. The summed E-state index contributed by atoms with van der Waals surface area (Å²) in [5, 5.41) is 6.46. The lowest BCUT2D eigenvalue weighted by Crippen LogP contribution is -2.41. The minimum Gasteiger partial charge on any atom is -0.413 e. The van der Waals surface area contributed by atoms with Crippen LogP contribution in [0.15, 0.2) is 47.0 Å². The summed E-state index contributed by atoms with van der Waals surface area (Å²) in [6.07, 6.45) is -3.79. The number of nitrogens with zero attached hydrogens (tertiary/aromatic N) is 5. The van der Waals surface area contributed by atoms with Crippen LogP contribution in [0.4, 0.5) is 23.2 Å². The zero-order valence-electron chi connectivity index (χ0n) is 17.2. The number of epoxide rings is 1. The molecule has 2 aliphatic rings. The van der Waals surface area contributed by atoms with Gasteiger partial charge >= 0.3 is 12.1 Å². The average Bonchev–Trinajstić information content (AvgIpc) is 3.43. The molecule has 1 aromatic carbocycles. The Balaban J connectivity index is 1.34. The van der Waals surface area contributed by atoms with Gasteiger partial charge in [-0.2, -0.15) is 13.2 Å². The molecular formula is C21H19F4N5O3. The summed E-state index contributed by atoms with van der Waals surface area (Å²) in [7, 11) is 0. The molecule has 33 heavy (non-hydrogen) atoms. The molecule has 4 heterocycles. The molecule has 0 amide bonds. The van der Waals surface area contributed by atoms with E-state index in [4.69, 9.17) is 13.9 Å². The molecule has 0 bridgehead atoms. The van der Waals surface area contributed by atoms with E-state index in [1.54, 1.807) is 24.3 Å². The Hall–Kier alpha value is -3.09. The number of aromatic nitrogens is 3. The van der Waals surface area contributed by atoms with Crippen LogP contribution in [0.3, 0.4) is 0 Å². The Morgan fingerprint density at radius 2 is 1.91 bits per heavy atom. The summed E-state index contributed by atoms with van der Waals surface area (Å²) in [5.41, 5.74) is 1.50. The molecule has 5 rings (SSSR count). The highest BCUT2D eigenvalue weighted by molar-refractivity contribution is 5.52. The minimum absolute atomic E-state index is 0.143. The van der Waals surface area contributed by atoms with Crippen molar-refractivity contribution in [3.63, 3.8) is 0 Å². The van der Waals surface area contributed by atoms with Crippen LogP contribution in [0.1, 0.15) is 11.6 Å². The van der Waals surface area contributed by atoms with Gasteiger partial charge in [-0.15, -0.1) is 10.2 Å². The van der Waals surface area contributed by atoms with Gasteiger partial charge in [-0.05, 0) is 30.3 Å². The first-order chi connectivity index (χ1) is 15.9. The largest absolute Gasteiger partial charge is 0.470 e. The standard InChI is InChI=1S/C21H19F4N5O3/c22-14-2-1-3-16(10-14)30(19-18(33-19)29-6-8-31-9-7-29)12-15-5-4-13(11-26-15)17-27-28-20(32-17)21(23,24)25/h1-5,10-11,18-19H,6-9,12H2. The van der Waals surface area contributed by atoms with Crippen LogP contribution in [0, 0.1) is 5.82 Å². The molecule has 0 N–H and O–H groups in total. The van der Waals surface area contributed by atoms with Gasteiger partial charge < -0.3 is 18.8 Å². The van der Waals surface area contributed by atoms with E-state index in [2.05, 4.69) is 20.1 Å². The molecule has 0 spiro atoms. The molecule has 174 valence electrons. The highest BCUT2D eigenvalue weighted by atomic mass is 19.4. The van der Waals surface area contributed by atoms with Crippen LogP contribution < -0.4 is 4.90 Å². The number of halogens is 4. The van der Waals surface area contributed by atoms with Crippen molar-refractivity contribution in [3.8, 4) is 11.5 Å². The normalized spacial score (nSPS) is 21.2. The fourth-order valence-electron chi connectivity index (χ4n) is 3.68. The SMILES string of the molecule is Fc1cccc(N(Cc2ccc(-c3nnc(C(F)(F)F)o3)cn2)C2OC2N2CCOCC2)c1. The second-order valence-corrected chi connectivity index (χ2v) is 7.62. The molecule has 2 aromatic heterocycles. The molecule has 12 heteroatoms. The van der Waals surface area contributed by atoms with Crippen molar-refractivity contribution in [3.05, 3.63) is 60.0 Å². The van der Waals surface area contributed by atoms with Crippen LogP contribution in [-0.2, 0) is 22.2 Å². The second kappa shape index (κ2) is 8.69. The van der Waals surface area contributed by atoms with Crippen molar-refractivity contribution in [1.82, 2.24) is 20.1 Å². The predicted octanol–water partition coefficient (Wildman–Crippen LogP) is 3.31. The smallest absolute Gasteiger partial charge is 0.413 e. The monoisotopic (exact) mass is 465 g/mol. The van der Waals surface area contributed by atoms with Gasteiger partial charge in [0.25, 0.3) is 0 Å². The third-order valence-corrected chi connectivity index (χ3v) is 5.37. The zero-order valence-corrected chi connectivity index (χ0v) is 17.2. The van der Waals surface area contributed by atoms with E-state index in [9.17, 15) is 17.6 Å².